The van der Waals surface area contributed by atoms with E-state index in [4.69, 9.17) is 10.5 Å². The fraction of sp³-hybridized carbons (Fsp3) is 0.278. The predicted molar refractivity (Wildman–Crippen MR) is 100 cm³/mol. The molecule has 0 aliphatic carbocycles. The van der Waals surface area contributed by atoms with Crippen LogP contribution in [0.2, 0.25) is 0 Å². The number of amides is 1. The highest BCUT2D eigenvalue weighted by molar-refractivity contribution is 5.90. The van der Waals surface area contributed by atoms with Crippen molar-refractivity contribution in [3.8, 4) is 5.75 Å². The van der Waals surface area contributed by atoms with Crippen LogP contribution < -0.4 is 21.1 Å². The van der Waals surface area contributed by atoms with Gasteiger partial charge in [0.15, 0.2) is 0 Å². The third-order valence-corrected chi connectivity index (χ3v) is 3.51. The third kappa shape index (κ3) is 6.40. The van der Waals surface area contributed by atoms with E-state index in [0.717, 1.165) is 5.69 Å². The number of hydrogen-bond acceptors (Lipinski definition) is 6. The molecule has 0 saturated heterocycles. The molecule has 0 aliphatic rings. The first-order valence-electron chi connectivity index (χ1n) is 8.29. The van der Waals surface area contributed by atoms with Crippen LogP contribution in [0.3, 0.4) is 0 Å². The lowest BCUT2D eigenvalue weighted by atomic mass is 10.2. The van der Waals surface area contributed by atoms with Gasteiger partial charge >= 0.3 is 0 Å². The molecule has 26 heavy (non-hydrogen) atoms. The van der Waals surface area contributed by atoms with Crippen molar-refractivity contribution >= 4 is 23.0 Å². The highest BCUT2D eigenvalue weighted by atomic mass is 16.6. The van der Waals surface area contributed by atoms with Crippen molar-refractivity contribution < 1.29 is 14.5 Å². The van der Waals surface area contributed by atoms with Gasteiger partial charge in [-0.2, -0.15) is 0 Å². The second kappa shape index (κ2) is 10.00. The second-order valence-corrected chi connectivity index (χ2v) is 5.54. The summed E-state index contributed by atoms with van der Waals surface area (Å²) in [6, 6.07) is 13.3. The number of hydrogen-bond donors (Lipinski definition) is 3. The van der Waals surface area contributed by atoms with Gasteiger partial charge in [0.1, 0.15) is 12.4 Å². The number of nitro groups is 1. The van der Waals surface area contributed by atoms with Gasteiger partial charge in [-0.15, -0.1) is 0 Å². The van der Waals surface area contributed by atoms with Crippen LogP contribution in [0.1, 0.15) is 12.8 Å². The van der Waals surface area contributed by atoms with Gasteiger partial charge in [0, 0.05) is 43.0 Å². The maximum Gasteiger partial charge on any atom is 0.269 e. The molecule has 0 aromatic heterocycles. The first-order valence-corrected chi connectivity index (χ1v) is 8.29. The second-order valence-electron chi connectivity index (χ2n) is 5.54. The topological polar surface area (TPSA) is 120 Å². The molecule has 2 rings (SSSR count). The number of carbonyl (C=O) groups is 1. The molecular weight excluding hydrogens is 336 g/mol. The largest absolute Gasteiger partial charge is 0.492 e. The summed E-state index contributed by atoms with van der Waals surface area (Å²) < 4.78 is 5.37. The number of benzene rings is 2. The Labute approximate surface area is 151 Å². The number of nitro benzene ring substituents is 1. The number of carbonyl (C=O) groups excluding carboxylic acids is 1. The van der Waals surface area contributed by atoms with Crippen LogP contribution in [0.25, 0.3) is 0 Å². The van der Waals surface area contributed by atoms with E-state index >= 15 is 0 Å². The third-order valence-electron chi connectivity index (χ3n) is 3.51. The summed E-state index contributed by atoms with van der Waals surface area (Å²) in [5, 5.41) is 16.5. The van der Waals surface area contributed by atoms with Crippen molar-refractivity contribution in [2.24, 2.45) is 5.73 Å². The minimum absolute atomic E-state index is 0.0503. The minimum atomic E-state index is -0.439. The Hall–Kier alpha value is -3.13. The molecule has 8 nitrogen and oxygen atoms in total. The van der Waals surface area contributed by atoms with E-state index in [-0.39, 0.29) is 11.6 Å². The molecule has 0 heterocycles. The van der Waals surface area contributed by atoms with Gasteiger partial charge < -0.3 is 21.1 Å². The quantitative estimate of drug-likeness (QED) is 0.341. The fourth-order valence-electron chi connectivity index (χ4n) is 2.22. The molecular formula is C18H22N4O4. The monoisotopic (exact) mass is 358 g/mol. The Morgan fingerprint density at radius 3 is 2.35 bits per heavy atom. The predicted octanol–water partition coefficient (Wildman–Crippen LogP) is 2.76. The lowest BCUT2D eigenvalue weighted by Crippen LogP contribution is -2.13. The SMILES string of the molecule is NCCOc1ccc(NC(=O)CCCNc2ccc([N+](=O)[O-])cc2)cc1. The van der Waals surface area contributed by atoms with E-state index in [2.05, 4.69) is 10.6 Å². The molecule has 0 fully saturated rings. The van der Waals surface area contributed by atoms with E-state index in [9.17, 15) is 14.9 Å². The molecule has 0 atom stereocenters. The van der Waals surface area contributed by atoms with Crippen molar-refractivity contribution in [3.63, 3.8) is 0 Å². The number of non-ortho nitro benzene ring substituents is 1. The number of nitrogens with one attached hydrogen (secondary N) is 2. The Balaban J connectivity index is 1.67. The standard InChI is InChI=1S/C18H22N4O4/c19-11-13-26-17-9-5-15(6-10-17)21-18(23)2-1-12-20-14-3-7-16(8-4-14)22(24)25/h3-10,20H,1-2,11-13,19H2,(H,21,23). The molecule has 4 N–H and O–H groups in total. The van der Waals surface area contributed by atoms with E-state index in [1.807, 2.05) is 0 Å². The van der Waals surface area contributed by atoms with E-state index in [1.165, 1.54) is 12.1 Å². The van der Waals surface area contributed by atoms with E-state index in [1.54, 1.807) is 36.4 Å². The van der Waals surface area contributed by atoms with E-state index < -0.39 is 4.92 Å². The van der Waals surface area contributed by atoms with Gasteiger partial charge in [-0.05, 0) is 42.8 Å². The Bertz CT molecular complexity index is 717. The summed E-state index contributed by atoms with van der Waals surface area (Å²) in [4.78, 5) is 22.1. The molecule has 0 saturated carbocycles. The highest BCUT2D eigenvalue weighted by Gasteiger charge is 2.05. The van der Waals surface area contributed by atoms with Crippen LogP contribution in [0.15, 0.2) is 48.5 Å². The average molecular weight is 358 g/mol. The van der Waals surface area contributed by atoms with Crippen LogP contribution in [0, 0.1) is 10.1 Å². The molecule has 0 aliphatic heterocycles. The van der Waals surface area contributed by atoms with Gasteiger partial charge in [-0.25, -0.2) is 0 Å². The summed E-state index contributed by atoms with van der Waals surface area (Å²) in [5.74, 6) is 0.631. The average Bonchev–Trinajstić information content (AvgIpc) is 2.65. The molecule has 0 radical (unpaired) electrons. The summed E-state index contributed by atoms with van der Waals surface area (Å²) in [5.41, 5.74) is 6.91. The minimum Gasteiger partial charge on any atom is -0.492 e. The van der Waals surface area contributed by atoms with Crippen molar-refractivity contribution in [2.45, 2.75) is 12.8 Å². The number of anilines is 2. The van der Waals surface area contributed by atoms with Crippen molar-refractivity contribution in [3.05, 3.63) is 58.6 Å². The van der Waals surface area contributed by atoms with Gasteiger partial charge in [0.05, 0.1) is 4.92 Å². The number of nitrogens with two attached hydrogens (primary N) is 1. The molecule has 0 bridgehead atoms. The zero-order valence-corrected chi connectivity index (χ0v) is 14.3. The van der Waals surface area contributed by atoms with Crippen molar-refractivity contribution in [1.29, 1.82) is 0 Å². The van der Waals surface area contributed by atoms with Gasteiger partial charge in [-0.1, -0.05) is 0 Å². The molecule has 0 unspecified atom stereocenters. The van der Waals surface area contributed by atoms with Gasteiger partial charge in [0.25, 0.3) is 5.69 Å². The maximum atomic E-state index is 11.9. The molecule has 2 aromatic rings. The zero-order chi connectivity index (χ0) is 18.8. The zero-order valence-electron chi connectivity index (χ0n) is 14.3. The summed E-state index contributed by atoms with van der Waals surface area (Å²) in [7, 11) is 0. The molecule has 2 aromatic carbocycles. The van der Waals surface area contributed by atoms with E-state index in [0.29, 0.717) is 44.0 Å². The maximum absolute atomic E-state index is 11.9. The van der Waals surface area contributed by atoms with Crippen LogP contribution in [0.4, 0.5) is 17.1 Å². The van der Waals surface area contributed by atoms with Crippen LogP contribution >= 0.6 is 0 Å². The lowest BCUT2D eigenvalue weighted by Gasteiger charge is -2.08. The fourth-order valence-corrected chi connectivity index (χ4v) is 2.22. The normalized spacial score (nSPS) is 10.2. The summed E-state index contributed by atoms with van der Waals surface area (Å²) in [6.45, 7) is 1.50. The van der Waals surface area contributed by atoms with Crippen molar-refractivity contribution in [1.82, 2.24) is 0 Å². The first kappa shape index (κ1) is 19.2. The first-order chi connectivity index (χ1) is 12.6. The van der Waals surface area contributed by atoms with Crippen LogP contribution in [-0.4, -0.2) is 30.5 Å². The molecule has 1 amide bonds. The smallest absolute Gasteiger partial charge is 0.269 e. The van der Waals surface area contributed by atoms with Gasteiger partial charge in [-0.3, -0.25) is 14.9 Å². The molecule has 0 spiro atoms. The van der Waals surface area contributed by atoms with Crippen molar-refractivity contribution in [2.75, 3.05) is 30.3 Å². The molecule has 138 valence electrons. The number of rotatable bonds is 10. The Morgan fingerprint density at radius 1 is 1.08 bits per heavy atom. The number of ether oxygens (including phenoxy) is 1. The van der Waals surface area contributed by atoms with Crippen LogP contribution in [-0.2, 0) is 4.79 Å². The summed E-state index contributed by atoms with van der Waals surface area (Å²) in [6.07, 6.45) is 1.01. The Morgan fingerprint density at radius 2 is 1.73 bits per heavy atom. The molecule has 8 heteroatoms. The summed E-state index contributed by atoms with van der Waals surface area (Å²) >= 11 is 0. The highest BCUT2D eigenvalue weighted by Crippen LogP contribution is 2.17. The lowest BCUT2D eigenvalue weighted by molar-refractivity contribution is -0.384. The number of nitrogens with zero attached hydrogens (tertiary/aromatic N) is 1. The van der Waals surface area contributed by atoms with Crippen LogP contribution in [0.5, 0.6) is 5.75 Å². The van der Waals surface area contributed by atoms with Gasteiger partial charge in [0.2, 0.25) is 5.91 Å². The Kier molecular flexibility index (Phi) is 7.38.